The van der Waals surface area contributed by atoms with Crippen LogP contribution in [0.2, 0.25) is 0 Å². The third-order valence-electron chi connectivity index (χ3n) is 3.65. The molecule has 0 amide bonds. The predicted octanol–water partition coefficient (Wildman–Crippen LogP) is 3.51. The maximum Gasteiger partial charge on any atom is 0.139 e. The Kier molecular flexibility index (Phi) is 2.56. The molecule has 0 atom stereocenters. The van der Waals surface area contributed by atoms with Gasteiger partial charge in [-0.25, -0.2) is 4.98 Å². The van der Waals surface area contributed by atoms with E-state index in [0.29, 0.717) is 5.82 Å². The Balaban J connectivity index is 2.28. The third kappa shape index (κ3) is 1.78. The van der Waals surface area contributed by atoms with Crippen molar-refractivity contribution < 1.29 is 0 Å². The molecule has 2 N–H and O–H groups in total. The molecule has 3 nitrogen and oxygen atoms in total. The summed E-state index contributed by atoms with van der Waals surface area (Å²) in [6, 6.07) is 12.4. The number of benzene rings is 1. The van der Waals surface area contributed by atoms with Gasteiger partial charge >= 0.3 is 0 Å². The van der Waals surface area contributed by atoms with Crippen LogP contribution in [0.1, 0.15) is 16.8 Å². The largest absolute Gasteiger partial charge is 0.383 e. The van der Waals surface area contributed by atoms with Crippen molar-refractivity contribution in [3.8, 4) is 11.3 Å². The number of pyridine rings is 1. The Morgan fingerprint density at radius 2 is 1.79 bits per heavy atom. The summed E-state index contributed by atoms with van der Waals surface area (Å²) in [6.45, 7) is 6.25. The fourth-order valence-electron chi connectivity index (χ4n) is 2.38. The number of hydrogen-bond acceptors (Lipinski definition) is 2. The molecule has 0 aliphatic rings. The molecular formula is C16H17N3. The Bertz CT molecular complexity index is 769. The van der Waals surface area contributed by atoms with Gasteiger partial charge in [0.05, 0.1) is 0 Å². The first kappa shape index (κ1) is 11.8. The SMILES string of the molecule is Cc1ccc(-c2nc3cccc(C)n3c2N)cc1C. The Morgan fingerprint density at radius 3 is 2.47 bits per heavy atom. The van der Waals surface area contributed by atoms with Crippen LogP contribution in [0.15, 0.2) is 36.4 Å². The molecule has 3 rings (SSSR count). The quantitative estimate of drug-likeness (QED) is 0.719. The minimum Gasteiger partial charge on any atom is -0.383 e. The number of hydrogen-bond donors (Lipinski definition) is 1. The molecule has 0 bridgehead atoms. The van der Waals surface area contributed by atoms with Crippen LogP contribution in [0.25, 0.3) is 16.9 Å². The molecule has 2 heterocycles. The molecule has 0 saturated heterocycles. The lowest BCUT2D eigenvalue weighted by Crippen LogP contribution is -1.97. The number of aryl methyl sites for hydroxylation is 3. The highest BCUT2D eigenvalue weighted by Crippen LogP contribution is 2.28. The van der Waals surface area contributed by atoms with Gasteiger partial charge in [0, 0.05) is 11.3 Å². The summed E-state index contributed by atoms with van der Waals surface area (Å²) >= 11 is 0. The van der Waals surface area contributed by atoms with Crippen molar-refractivity contribution >= 4 is 11.5 Å². The highest BCUT2D eigenvalue weighted by Gasteiger charge is 2.12. The zero-order chi connectivity index (χ0) is 13.6. The molecular weight excluding hydrogens is 234 g/mol. The van der Waals surface area contributed by atoms with Gasteiger partial charge in [0.25, 0.3) is 0 Å². The third-order valence-corrected chi connectivity index (χ3v) is 3.65. The van der Waals surface area contributed by atoms with E-state index in [1.165, 1.54) is 11.1 Å². The molecule has 0 radical (unpaired) electrons. The van der Waals surface area contributed by atoms with Crippen LogP contribution in [0, 0.1) is 20.8 Å². The first-order valence-electron chi connectivity index (χ1n) is 6.39. The highest BCUT2D eigenvalue weighted by atomic mass is 15.1. The predicted molar refractivity (Wildman–Crippen MR) is 79.3 cm³/mol. The Labute approximate surface area is 112 Å². The summed E-state index contributed by atoms with van der Waals surface area (Å²) < 4.78 is 1.99. The van der Waals surface area contributed by atoms with E-state index in [-0.39, 0.29) is 0 Å². The van der Waals surface area contributed by atoms with Gasteiger partial charge in [-0.15, -0.1) is 0 Å². The zero-order valence-corrected chi connectivity index (χ0v) is 11.4. The average molecular weight is 251 g/mol. The van der Waals surface area contributed by atoms with E-state index in [2.05, 4.69) is 37.0 Å². The lowest BCUT2D eigenvalue weighted by molar-refractivity contribution is 1.10. The van der Waals surface area contributed by atoms with Crippen LogP contribution in [-0.4, -0.2) is 9.38 Å². The van der Waals surface area contributed by atoms with Crippen molar-refractivity contribution in [3.05, 3.63) is 53.2 Å². The number of aromatic nitrogens is 2. The fourth-order valence-corrected chi connectivity index (χ4v) is 2.38. The second-order valence-corrected chi connectivity index (χ2v) is 5.01. The summed E-state index contributed by atoms with van der Waals surface area (Å²) in [4.78, 5) is 4.65. The number of imidazole rings is 1. The molecule has 0 spiro atoms. The van der Waals surface area contributed by atoms with Crippen LogP contribution < -0.4 is 5.73 Å². The summed E-state index contributed by atoms with van der Waals surface area (Å²) in [6.07, 6.45) is 0. The molecule has 0 aliphatic heterocycles. The minimum atomic E-state index is 0.705. The Hall–Kier alpha value is -2.29. The summed E-state index contributed by atoms with van der Waals surface area (Å²) in [5, 5.41) is 0. The lowest BCUT2D eigenvalue weighted by Gasteiger charge is -2.04. The van der Waals surface area contributed by atoms with Gasteiger partial charge in [-0.2, -0.15) is 0 Å². The summed E-state index contributed by atoms with van der Waals surface area (Å²) in [7, 11) is 0. The van der Waals surface area contributed by atoms with E-state index in [1.54, 1.807) is 0 Å². The van der Waals surface area contributed by atoms with Gasteiger partial charge in [0.2, 0.25) is 0 Å². The van der Waals surface area contributed by atoms with Crippen LogP contribution >= 0.6 is 0 Å². The van der Waals surface area contributed by atoms with E-state index >= 15 is 0 Å². The number of nitrogens with zero attached hydrogens (tertiary/aromatic N) is 2. The van der Waals surface area contributed by atoms with Gasteiger partial charge in [-0.3, -0.25) is 4.40 Å². The lowest BCUT2D eigenvalue weighted by atomic mass is 10.0. The standard InChI is InChI=1S/C16H17N3/c1-10-7-8-13(9-11(10)2)15-16(17)19-12(3)5-4-6-14(19)18-15/h4-9H,17H2,1-3H3. The number of nitrogen functional groups attached to an aromatic ring is 1. The molecule has 3 aromatic rings. The van der Waals surface area contributed by atoms with Crippen molar-refractivity contribution in [2.45, 2.75) is 20.8 Å². The molecule has 19 heavy (non-hydrogen) atoms. The first-order valence-corrected chi connectivity index (χ1v) is 6.39. The van der Waals surface area contributed by atoms with E-state index in [1.807, 2.05) is 29.5 Å². The molecule has 0 unspecified atom stereocenters. The fraction of sp³-hybridized carbons (Fsp3) is 0.188. The van der Waals surface area contributed by atoms with E-state index in [9.17, 15) is 0 Å². The Morgan fingerprint density at radius 1 is 1.00 bits per heavy atom. The van der Waals surface area contributed by atoms with Crippen LogP contribution in [0.3, 0.4) is 0 Å². The first-order chi connectivity index (χ1) is 9.08. The van der Waals surface area contributed by atoms with Gasteiger partial charge in [-0.1, -0.05) is 18.2 Å². The van der Waals surface area contributed by atoms with Crippen molar-refractivity contribution in [2.24, 2.45) is 0 Å². The smallest absolute Gasteiger partial charge is 0.139 e. The molecule has 2 aromatic heterocycles. The second-order valence-electron chi connectivity index (χ2n) is 5.01. The summed E-state index contributed by atoms with van der Waals surface area (Å²) in [5.74, 6) is 0.705. The molecule has 0 fully saturated rings. The monoisotopic (exact) mass is 251 g/mol. The number of fused-ring (bicyclic) bond motifs is 1. The van der Waals surface area contributed by atoms with Crippen molar-refractivity contribution in [3.63, 3.8) is 0 Å². The van der Waals surface area contributed by atoms with Gasteiger partial charge in [0.1, 0.15) is 17.2 Å². The molecule has 0 saturated carbocycles. The summed E-state index contributed by atoms with van der Waals surface area (Å²) in [5.41, 5.74) is 12.7. The molecule has 96 valence electrons. The number of rotatable bonds is 1. The van der Waals surface area contributed by atoms with Crippen LogP contribution in [-0.2, 0) is 0 Å². The van der Waals surface area contributed by atoms with Gasteiger partial charge < -0.3 is 5.73 Å². The number of anilines is 1. The van der Waals surface area contributed by atoms with Gasteiger partial charge in [0.15, 0.2) is 0 Å². The van der Waals surface area contributed by atoms with Gasteiger partial charge in [-0.05, 0) is 50.1 Å². The minimum absolute atomic E-state index is 0.705. The average Bonchev–Trinajstić information content (AvgIpc) is 2.72. The normalized spacial score (nSPS) is 11.1. The van der Waals surface area contributed by atoms with Crippen LogP contribution in [0.4, 0.5) is 5.82 Å². The van der Waals surface area contributed by atoms with Crippen molar-refractivity contribution in [2.75, 3.05) is 5.73 Å². The van der Waals surface area contributed by atoms with E-state index in [0.717, 1.165) is 22.6 Å². The molecule has 3 heteroatoms. The number of nitrogens with two attached hydrogens (primary N) is 1. The molecule has 0 aliphatic carbocycles. The van der Waals surface area contributed by atoms with E-state index in [4.69, 9.17) is 5.73 Å². The van der Waals surface area contributed by atoms with Crippen molar-refractivity contribution in [1.82, 2.24) is 9.38 Å². The van der Waals surface area contributed by atoms with Crippen LogP contribution in [0.5, 0.6) is 0 Å². The van der Waals surface area contributed by atoms with E-state index < -0.39 is 0 Å². The second kappa shape index (κ2) is 4.12. The maximum absolute atomic E-state index is 6.26. The zero-order valence-electron chi connectivity index (χ0n) is 11.4. The highest BCUT2D eigenvalue weighted by molar-refractivity contribution is 5.75. The topological polar surface area (TPSA) is 43.3 Å². The molecule has 1 aromatic carbocycles. The van der Waals surface area contributed by atoms with Crippen molar-refractivity contribution in [1.29, 1.82) is 0 Å². The maximum atomic E-state index is 6.26.